The average molecular weight is 762 g/mol. The number of nitrogens with one attached hydrogen (secondary N) is 3. The molecule has 2 spiro atoms. The van der Waals surface area contributed by atoms with Crippen molar-refractivity contribution < 1.29 is 38.4 Å². The number of carbonyl (C=O) groups excluding carboxylic acids is 2. The van der Waals surface area contributed by atoms with Crippen LogP contribution in [0.5, 0.6) is 28.7 Å². The summed E-state index contributed by atoms with van der Waals surface area (Å²) in [6.45, 7) is 5.63. The smallest absolute Gasteiger partial charge is 0.334 e. The highest BCUT2D eigenvalue weighted by molar-refractivity contribution is 8.00. The molecule has 55 heavy (non-hydrogen) atoms. The van der Waals surface area contributed by atoms with E-state index >= 15 is 4.79 Å². The number of para-hydroxylation sites is 1. The molecule has 2 fully saturated rings. The molecule has 8 atom stereocenters. The van der Waals surface area contributed by atoms with Gasteiger partial charge in [-0.05, 0) is 49.4 Å². The number of aromatic nitrogens is 1. The third-order valence-corrected chi connectivity index (χ3v) is 14.9. The number of carbonyl (C=O) groups is 2. The number of aromatic amines is 1. The van der Waals surface area contributed by atoms with Crippen LogP contribution in [-0.2, 0) is 38.3 Å². The molecule has 3 aromatic carbocycles. The normalized spacial score (nSPS) is 32.0. The molecule has 7 aliphatic rings. The molecule has 13 nitrogen and oxygen atoms in total. The maximum Gasteiger partial charge on any atom is 0.334 e. The van der Waals surface area contributed by atoms with E-state index in [-0.39, 0.29) is 24.3 Å². The van der Waals surface area contributed by atoms with Gasteiger partial charge in [0.2, 0.25) is 6.79 Å². The number of esters is 2. The van der Waals surface area contributed by atoms with Gasteiger partial charge < -0.3 is 39.1 Å². The van der Waals surface area contributed by atoms with Crippen molar-refractivity contribution in [3.63, 3.8) is 0 Å². The molecule has 7 heterocycles. The number of ether oxygens (including phenoxy) is 5. The van der Waals surface area contributed by atoms with Crippen LogP contribution in [0.2, 0.25) is 0 Å². The fourth-order valence-corrected chi connectivity index (χ4v) is 13.1. The zero-order valence-corrected chi connectivity index (χ0v) is 31.5. The van der Waals surface area contributed by atoms with Crippen LogP contribution >= 0.6 is 11.8 Å². The summed E-state index contributed by atoms with van der Waals surface area (Å²) in [5.41, 5.74) is 4.59. The van der Waals surface area contributed by atoms with Crippen molar-refractivity contribution in [3.05, 3.63) is 75.0 Å². The van der Waals surface area contributed by atoms with Crippen LogP contribution in [0, 0.1) is 25.2 Å². The number of hydrogen-bond acceptors (Lipinski definition) is 13. The van der Waals surface area contributed by atoms with Crippen LogP contribution in [0.1, 0.15) is 70.1 Å². The first-order valence-electron chi connectivity index (χ1n) is 18.8. The number of methoxy groups -OCH3 is 1. The standard InChI is InChI=1S/C41H39N5O8S/c1-17-11-20-12-24-26(14-42)46-25-13-41(29-28(25)36-35(51-16-52-36)18(2)34(29)53-19(3)47)38(31(46)30(44-24)27(20)32(48)33(17)50-4)55-15-40(39(49)54-41)37-22(9-10-43-40)21-7-5-6-8-23(21)45-37/h5-8,11,24-26,30-31,38,43-45,48H,9-10,12-13,15-16H2,1-4H3/t24?,25-,26-,30?,31?,38-,40+,41?/m0/s1. The van der Waals surface area contributed by atoms with Crippen molar-refractivity contribution in [2.24, 2.45) is 0 Å². The van der Waals surface area contributed by atoms with E-state index in [9.17, 15) is 15.2 Å². The summed E-state index contributed by atoms with van der Waals surface area (Å²) in [7, 11) is 1.55. The molecular weight excluding hydrogens is 723 g/mol. The minimum atomic E-state index is -1.34. The van der Waals surface area contributed by atoms with E-state index in [2.05, 4.69) is 38.7 Å². The number of nitrogens with zero attached hydrogens (tertiary/aromatic N) is 2. The summed E-state index contributed by atoms with van der Waals surface area (Å²) >= 11 is 1.62. The molecule has 1 aromatic heterocycles. The van der Waals surface area contributed by atoms with E-state index in [1.54, 1.807) is 18.9 Å². The first-order valence-corrected chi connectivity index (χ1v) is 19.8. The zero-order chi connectivity index (χ0) is 37.7. The first-order chi connectivity index (χ1) is 26.6. The molecule has 4 unspecified atom stereocenters. The molecule has 0 radical (unpaired) electrons. The summed E-state index contributed by atoms with van der Waals surface area (Å²) < 4.78 is 31.4. The lowest BCUT2D eigenvalue weighted by molar-refractivity contribution is -0.179. The van der Waals surface area contributed by atoms with Gasteiger partial charge in [-0.2, -0.15) is 5.26 Å². The van der Waals surface area contributed by atoms with E-state index in [4.69, 9.17) is 23.7 Å². The second-order valence-corrected chi connectivity index (χ2v) is 17.0. The van der Waals surface area contributed by atoms with Crippen LogP contribution in [0.4, 0.5) is 0 Å². The molecule has 14 heteroatoms. The lowest BCUT2D eigenvalue weighted by Crippen LogP contribution is -2.72. The molecular formula is C41H39N5O8S. The second-order valence-electron chi connectivity index (χ2n) is 15.9. The third-order valence-electron chi connectivity index (χ3n) is 13.2. The van der Waals surface area contributed by atoms with Crippen molar-refractivity contribution in [3.8, 4) is 34.8 Å². The molecule has 2 saturated heterocycles. The Kier molecular flexibility index (Phi) is 6.87. The van der Waals surface area contributed by atoms with E-state index in [1.165, 1.54) is 6.92 Å². The number of piperidine rings is 1. The Bertz CT molecular complexity index is 2460. The average Bonchev–Trinajstić information content (AvgIpc) is 3.86. The highest BCUT2D eigenvalue weighted by Gasteiger charge is 2.71. The number of fused-ring (bicyclic) bond motifs is 13. The molecule has 0 amide bonds. The van der Waals surface area contributed by atoms with Gasteiger partial charge in [0.25, 0.3) is 0 Å². The molecule has 4 N–H and O–H groups in total. The lowest BCUT2D eigenvalue weighted by atomic mass is 9.72. The van der Waals surface area contributed by atoms with Gasteiger partial charge >= 0.3 is 11.9 Å². The Balaban J connectivity index is 1.19. The van der Waals surface area contributed by atoms with Crippen LogP contribution in [0.15, 0.2) is 30.3 Å². The van der Waals surface area contributed by atoms with Crippen molar-refractivity contribution in [2.45, 2.75) is 86.6 Å². The number of aryl methyl sites for hydroxylation is 1. The predicted octanol–water partition coefficient (Wildman–Crippen LogP) is 4.34. The number of aromatic hydroxyl groups is 1. The zero-order valence-electron chi connectivity index (χ0n) is 30.7. The number of phenolic OH excluding ortho intramolecular Hbond substituents is 1. The molecule has 4 bridgehead atoms. The minimum absolute atomic E-state index is 0.0294. The molecule has 11 rings (SSSR count). The van der Waals surface area contributed by atoms with Gasteiger partial charge in [-0.1, -0.05) is 24.3 Å². The fraction of sp³-hybridized carbons (Fsp3) is 0.439. The minimum Gasteiger partial charge on any atom is -0.504 e. The van der Waals surface area contributed by atoms with Crippen LogP contribution in [-0.4, -0.2) is 76.5 Å². The van der Waals surface area contributed by atoms with Crippen LogP contribution in [0.3, 0.4) is 0 Å². The first kappa shape index (κ1) is 33.4. The van der Waals surface area contributed by atoms with Gasteiger partial charge in [-0.25, -0.2) is 4.79 Å². The number of H-pyrrole nitrogens is 1. The number of piperazine rings is 1. The summed E-state index contributed by atoms with van der Waals surface area (Å²) in [5.74, 6) is 1.10. The number of benzene rings is 3. The maximum absolute atomic E-state index is 15.4. The summed E-state index contributed by atoms with van der Waals surface area (Å²) in [5, 5.41) is 31.1. The van der Waals surface area contributed by atoms with E-state index in [1.807, 2.05) is 32.0 Å². The highest BCUT2D eigenvalue weighted by atomic mass is 32.2. The molecule has 4 aromatic rings. The van der Waals surface area contributed by atoms with E-state index < -0.39 is 52.5 Å². The molecule has 6 aliphatic heterocycles. The van der Waals surface area contributed by atoms with Gasteiger partial charge in [0.1, 0.15) is 11.8 Å². The SMILES string of the molecule is COc1c(C)cc2c(c1O)C1NC(C2)[C@H](C#N)N2C1[C@@H]1SC[C@]3(NCCc4c3[nH]c3ccccc43)C(=O)OC13C[C@H]2c1c2c(c(C)c(OC(C)=O)c13)OCO2. The van der Waals surface area contributed by atoms with E-state index in [0.29, 0.717) is 64.6 Å². The van der Waals surface area contributed by atoms with Gasteiger partial charge in [-0.15, -0.1) is 11.8 Å². The second kappa shape index (κ2) is 11.3. The number of thioether (sulfide) groups is 1. The molecule has 282 valence electrons. The largest absolute Gasteiger partial charge is 0.504 e. The Labute approximate surface area is 320 Å². The number of hydrogen-bond donors (Lipinski definition) is 4. The van der Waals surface area contributed by atoms with Gasteiger partial charge in [0.05, 0.1) is 30.2 Å². The quantitative estimate of drug-likeness (QED) is 0.169. The van der Waals surface area contributed by atoms with Crippen molar-refractivity contribution in [1.29, 1.82) is 5.26 Å². The summed E-state index contributed by atoms with van der Waals surface area (Å²) in [6, 6.07) is 10.5. The lowest BCUT2D eigenvalue weighted by Gasteiger charge is -2.59. The Morgan fingerprint density at radius 3 is 2.78 bits per heavy atom. The van der Waals surface area contributed by atoms with Crippen molar-refractivity contribution in [2.75, 3.05) is 26.2 Å². The molecule has 0 saturated carbocycles. The van der Waals surface area contributed by atoms with Crippen LogP contribution in [0.25, 0.3) is 10.9 Å². The number of nitriles is 1. The fourth-order valence-electron chi connectivity index (χ4n) is 11.3. The predicted molar refractivity (Wildman–Crippen MR) is 199 cm³/mol. The Morgan fingerprint density at radius 1 is 1.16 bits per heavy atom. The monoisotopic (exact) mass is 761 g/mol. The Morgan fingerprint density at radius 2 is 1.98 bits per heavy atom. The van der Waals surface area contributed by atoms with Gasteiger partial charge in [0.15, 0.2) is 34.1 Å². The van der Waals surface area contributed by atoms with E-state index in [0.717, 1.165) is 39.7 Å². The van der Waals surface area contributed by atoms with Crippen LogP contribution < -0.4 is 29.6 Å². The molecule has 1 aliphatic carbocycles. The number of rotatable bonds is 2. The van der Waals surface area contributed by atoms with Crippen molar-refractivity contribution >= 4 is 34.6 Å². The van der Waals surface area contributed by atoms with Crippen molar-refractivity contribution in [1.82, 2.24) is 20.5 Å². The van der Waals surface area contributed by atoms with Gasteiger partial charge in [0, 0.05) is 76.9 Å². The summed E-state index contributed by atoms with van der Waals surface area (Å²) in [4.78, 5) is 34.2. The highest BCUT2D eigenvalue weighted by Crippen LogP contribution is 2.69. The van der Waals surface area contributed by atoms with Gasteiger partial charge in [-0.3, -0.25) is 15.0 Å². The Hall–Kier alpha value is -4.94. The summed E-state index contributed by atoms with van der Waals surface area (Å²) in [6.07, 6.45) is 1.56. The third kappa shape index (κ3) is 4.09. The number of phenols is 1. The maximum atomic E-state index is 15.4. The topological polar surface area (TPSA) is 167 Å².